The molecule has 0 aromatic heterocycles. The van der Waals surface area contributed by atoms with Gasteiger partial charge in [0.2, 0.25) is 0 Å². The summed E-state index contributed by atoms with van der Waals surface area (Å²) in [6, 6.07) is 11.8. The van der Waals surface area contributed by atoms with Crippen LogP contribution < -0.4 is 5.32 Å². The molecule has 2 N–H and O–H groups in total. The molecule has 22 heavy (non-hydrogen) atoms. The first-order chi connectivity index (χ1) is 10.5. The van der Waals surface area contributed by atoms with Crippen LogP contribution >= 0.6 is 0 Å². The lowest BCUT2D eigenvalue weighted by Gasteiger charge is -2.08. The molecule has 2 aromatic rings. The summed E-state index contributed by atoms with van der Waals surface area (Å²) >= 11 is 0. The second-order valence-corrected chi connectivity index (χ2v) is 5.00. The maximum Gasteiger partial charge on any atom is 0.338 e. The number of phenols is 1. The van der Waals surface area contributed by atoms with Crippen LogP contribution in [0.5, 0.6) is 5.75 Å². The van der Waals surface area contributed by atoms with E-state index >= 15 is 0 Å². The van der Waals surface area contributed by atoms with Gasteiger partial charge in [0.05, 0.1) is 5.56 Å². The normalized spacial score (nSPS) is 10.1. The molecular weight excluding hydrogens is 282 g/mol. The molecule has 5 heteroatoms. The van der Waals surface area contributed by atoms with E-state index in [-0.39, 0.29) is 17.9 Å². The Morgan fingerprint density at radius 2 is 1.91 bits per heavy atom. The van der Waals surface area contributed by atoms with E-state index in [2.05, 4.69) is 5.32 Å². The van der Waals surface area contributed by atoms with Crippen molar-refractivity contribution >= 4 is 17.6 Å². The van der Waals surface area contributed by atoms with Crippen molar-refractivity contribution in [2.24, 2.45) is 0 Å². The highest BCUT2D eigenvalue weighted by molar-refractivity contribution is 5.95. The molecule has 0 spiro atoms. The Morgan fingerprint density at radius 3 is 2.59 bits per heavy atom. The first-order valence-electron chi connectivity index (χ1n) is 6.79. The molecule has 2 aromatic carbocycles. The van der Waals surface area contributed by atoms with Gasteiger partial charge >= 0.3 is 5.97 Å². The Kier molecular flexibility index (Phi) is 4.78. The lowest BCUT2D eigenvalue weighted by Crippen LogP contribution is -2.20. The zero-order valence-electron chi connectivity index (χ0n) is 12.4. The summed E-state index contributed by atoms with van der Waals surface area (Å²) in [5.74, 6) is -1.07. The maximum atomic E-state index is 11.8. The molecule has 0 saturated carbocycles. The van der Waals surface area contributed by atoms with Gasteiger partial charge in [-0.2, -0.15) is 0 Å². The third-order valence-electron chi connectivity index (χ3n) is 3.08. The minimum absolute atomic E-state index is 0.0127. The average Bonchev–Trinajstić information content (AvgIpc) is 2.47. The van der Waals surface area contributed by atoms with Gasteiger partial charge in [-0.1, -0.05) is 18.2 Å². The van der Waals surface area contributed by atoms with Crippen molar-refractivity contribution in [2.45, 2.75) is 13.8 Å². The number of amides is 1. The van der Waals surface area contributed by atoms with Crippen molar-refractivity contribution in [2.75, 3.05) is 11.9 Å². The fraction of sp³-hybridized carbons (Fsp3) is 0.176. The minimum Gasteiger partial charge on any atom is -0.508 e. The van der Waals surface area contributed by atoms with Crippen molar-refractivity contribution < 1.29 is 19.4 Å². The van der Waals surface area contributed by atoms with Crippen molar-refractivity contribution in [1.82, 2.24) is 0 Å². The predicted molar refractivity (Wildman–Crippen MR) is 82.9 cm³/mol. The standard InChI is InChI=1S/C17H17NO4/c1-11-4-3-5-14(8-11)18-16(20)10-22-17(21)13-7-6-12(2)15(19)9-13/h3-9,19H,10H2,1-2H3,(H,18,20). The predicted octanol–water partition coefficient (Wildman–Crippen LogP) is 2.80. The molecule has 0 aliphatic heterocycles. The van der Waals surface area contributed by atoms with Gasteiger partial charge in [-0.15, -0.1) is 0 Å². The molecule has 1 amide bonds. The number of rotatable bonds is 4. The average molecular weight is 299 g/mol. The number of carbonyl (C=O) groups is 2. The van der Waals surface area contributed by atoms with Crippen molar-refractivity contribution in [3.63, 3.8) is 0 Å². The summed E-state index contributed by atoms with van der Waals surface area (Å²) in [7, 11) is 0. The number of aromatic hydroxyl groups is 1. The molecule has 0 heterocycles. The van der Waals surface area contributed by atoms with E-state index in [1.54, 1.807) is 19.1 Å². The third-order valence-corrected chi connectivity index (χ3v) is 3.08. The van der Waals surface area contributed by atoms with Crippen LogP contribution in [0, 0.1) is 13.8 Å². The highest BCUT2D eigenvalue weighted by Crippen LogP contribution is 2.18. The number of phenolic OH excluding ortho intramolecular Hbond substituents is 1. The SMILES string of the molecule is Cc1cccc(NC(=O)COC(=O)c2ccc(C)c(O)c2)c1. The van der Waals surface area contributed by atoms with Crippen LogP contribution in [0.1, 0.15) is 21.5 Å². The molecule has 0 saturated heterocycles. The number of ether oxygens (including phenoxy) is 1. The van der Waals surface area contributed by atoms with E-state index in [0.717, 1.165) is 5.56 Å². The zero-order valence-corrected chi connectivity index (χ0v) is 12.4. The number of nitrogens with one attached hydrogen (secondary N) is 1. The first kappa shape index (κ1) is 15.6. The lowest BCUT2D eigenvalue weighted by atomic mass is 10.1. The van der Waals surface area contributed by atoms with Gasteiger partial charge < -0.3 is 15.2 Å². The molecule has 0 unspecified atom stereocenters. The molecule has 5 nitrogen and oxygen atoms in total. The first-order valence-corrected chi connectivity index (χ1v) is 6.79. The summed E-state index contributed by atoms with van der Waals surface area (Å²) in [5.41, 5.74) is 2.53. The van der Waals surface area contributed by atoms with E-state index < -0.39 is 11.9 Å². The van der Waals surface area contributed by atoms with Crippen LogP contribution in [0.2, 0.25) is 0 Å². The maximum absolute atomic E-state index is 11.8. The van der Waals surface area contributed by atoms with E-state index in [0.29, 0.717) is 11.3 Å². The molecule has 0 fully saturated rings. The Labute approximate surface area is 128 Å². The Hall–Kier alpha value is -2.82. The quantitative estimate of drug-likeness (QED) is 0.851. The van der Waals surface area contributed by atoms with Gasteiger partial charge in [0, 0.05) is 5.69 Å². The molecule has 0 radical (unpaired) electrons. The summed E-state index contributed by atoms with van der Waals surface area (Å²) < 4.78 is 4.93. The molecule has 0 bridgehead atoms. The highest BCUT2D eigenvalue weighted by Gasteiger charge is 2.11. The van der Waals surface area contributed by atoms with Crippen LogP contribution in [0.4, 0.5) is 5.69 Å². The van der Waals surface area contributed by atoms with Gasteiger partial charge in [0.25, 0.3) is 5.91 Å². The van der Waals surface area contributed by atoms with Crippen molar-refractivity contribution in [3.05, 3.63) is 59.2 Å². The number of benzene rings is 2. The number of aryl methyl sites for hydroxylation is 2. The summed E-state index contributed by atoms with van der Waals surface area (Å²) in [6.45, 7) is 3.25. The highest BCUT2D eigenvalue weighted by atomic mass is 16.5. The van der Waals surface area contributed by atoms with Crippen molar-refractivity contribution in [1.29, 1.82) is 0 Å². The van der Waals surface area contributed by atoms with Gasteiger partial charge in [-0.05, 0) is 49.2 Å². The summed E-state index contributed by atoms with van der Waals surface area (Å²) in [6.07, 6.45) is 0. The fourth-order valence-corrected chi connectivity index (χ4v) is 1.87. The Bertz CT molecular complexity index is 710. The second-order valence-electron chi connectivity index (χ2n) is 5.00. The third kappa shape index (κ3) is 4.09. The van der Waals surface area contributed by atoms with Gasteiger partial charge in [0.15, 0.2) is 6.61 Å². The largest absolute Gasteiger partial charge is 0.508 e. The number of hydrogen-bond donors (Lipinski definition) is 2. The van der Waals surface area contributed by atoms with Crippen LogP contribution in [-0.4, -0.2) is 23.6 Å². The molecule has 114 valence electrons. The Balaban J connectivity index is 1.90. The van der Waals surface area contributed by atoms with Crippen LogP contribution in [0.15, 0.2) is 42.5 Å². The number of esters is 1. The number of hydrogen-bond acceptors (Lipinski definition) is 4. The molecule has 0 aliphatic carbocycles. The van der Waals surface area contributed by atoms with E-state index in [1.165, 1.54) is 12.1 Å². The van der Waals surface area contributed by atoms with E-state index in [1.807, 2.05) is 25.1 Å². The number of anilines is 1. The molecule has 0 atom stereocenters. The van der Waals surface area contributed by atoms with Crippen LogP contribution in [0.3, 0.4) is 0 Å². The van der Waals surface area contributed by atoms with Crippen LogP contribution in [-0.2, 0) is 9.53 Å². The van der Waals surface area contributed by atoms with Crippen molar-refractivity contribution in [3.8, 4) is 5.75 Å². The van der Waals surface area contributed by atoms with E-state index in [9.17, 15) is 14.7 Å². The van der Waals surface area contributed by atoms with Crippen LogP contribution in [0.25, 0.3) is 0 Å². The zero-order chi connectivity index (χ0) is 16.1. The molecular formula is C17H17NO4. The molecule has 2 rings (SSSR count). The summed E-state index contributed by atoms with van der Waals surface area (Å²) in [5, 5.41) is 12.2. The minimum atomic E-state index is -0.658. The fourth-order valence-electron chi connectivity index (χ4n) is 1.87. The second kappa shape index (κ2) is 6.76. The van der Waals surface area contributed by atoms with E-state index in [4.69, 9.17) is 4.74 Å². The lowest BCUT2D eigenvalue weighted by molar-refractivity contribution is -0.119. The van der Waals surface area contributed by atoms with Gasteiger partial charge in [0.1, 0.15) is 5.75 Å². The molecule has 0 aliphatic rings. The monoisotopic (exact) mass is 299 g/mol. The topological polar surface area (TPSA) is 75.6 Å². The Morgan fingerprint density at radius 1 is 1.14 bits per heavy atom. The smallest absolute Gasteiger partial charge is 0.338 e. The summed E-state index contributed by atoms with van der Waals surface area (Å²) in [4.78, 5) is 23.5. The number of carbonyl (C=O) groups excluding carboxylic acids is 2. The van der Waals surface area contributed by atoms with Gasteiger partial charge in [-0.25, -0.2) is 4.79 Å². The van der Waals surface area contributed by atoms with Gasteiger partial charge in [-0.3, -0.25) is 4.79 Å².